The van der Waals surface area contributed by atoms with E-state index in [9.17, 15) is 5.11 Å². The summed E-state index contributed by atoms with van der Waals surface area (Å²) in [6.07, 6.45) is -2.26. The molecule has 0 unspecified atom stereocenters. The lowest BCUT2D eigenvalue weighted by molar-refractivity contribution is -0.0877. The van der Waals surface area contributed by atoms with Crippen LogP contribution in [-0.2, 0) is 4.74 Å². The molecule has 1 fully saturated rings. The van der Waals surface area contributed by atoms with Gasteiger partial charge in [-0.3, -0.25) is 0 Å². The van der Waals surface area contributed by atoms with Gasteiger partial charge in [-0.2, -0.15) is 0 Å². The minimum absolute atomic E-state index is 0.0668. The zero-order valence-corrected chi connectivity index (χ0v) is 6.87. The quantitative estimate of drug-likeness (QED) is 0.293. The fourth-order valence-corrected chi connectivity index (χ4v) is 1.26. The van der Waals surface area contributed by atoms with Crippen molar-refractivity contribution in [3.05, 3.63) is 10.4 Å². The van der Waals surface area contributed by atoms with Crippen LogP contribution >= 0.6 is 0 Å². The monoisotopic (exact) mass is 189 g/mol. The van der Waals surface area contributed by atoms with Gasteiger partial charge in [-0.05, 0) is 5.53 Å². The van der Waals surface area contributed by atoms with Gasteiger partial charge in [0.25, 0.3) is 0 Å². The second-order valence-electron chi connectivity index (χ2n) is 2.94. The smallest absolute Gasteiger partial charge is 0.125 e. The van der Waals surface area contributed by atoms with E-state index in [1.165, 1.54) is 0 Å². The lowest BCUT2D eigenvalue weighted by Crippen LogP contribution is -2.48. The molecule has 7 heteroatoms. The molecule has 1 saturated heterocycles. The van der Waals surface area contributed by atoms with Gasteiger partial charge in [-0.25, -0.2) is 0 Å². The van der Waals surface area contributed by atoms with E-state index in [1.807, 2.05) is 0 Å². The number of aliphatic hydroxyl groups excluding tert-OH is 3. The van der Waals surface area contributed by atoms with Crippen molar-refractivity contribution < 1.29 is 20.1 Å². The zero-order chi connectivity index (χ0) is 9.90. The maximum absolute atomic E-state index is 9.42. The number of aliphatic hydroxyl groups is 3. The SMILES string of the molecule is [N-]=[N+]=NC[C@]1(CO)OC[C@H](O)[C@@H]1O. The summed E-state index contributed by atoms with van der Waals surface area (Å²) in [5.74, 6) is 0. The molecular formula is C6H11N3O4. The van der Waals surface area contributed by atoms with Crippen molar-refractivity contribution >= 4 is 0 Å². The predicted molar refractivity (Wildman–Crippen MR) is 41.8 cm³/mol. The van der Waals surface area contributed by atoms with E-state index in [2.05, 4.69) is 10.0 Å². The van der Waals surface area contributed by atoms with Crippen LogP contribution in [0.2, 0.25) is 0 Å². The minimum Gasteiger partial charge on any atom is -0.393 e. The third-order valence-corrected chi connectivity index (χ3v) is 2.11. The molecule has 1 aliphatic heterocycles. The zero-order valence-electron chi connectivity index (χ0n) is 6.87. The van der Waals surface area contributed by atoms with Crippen LogP contribution in [0.4, 0.5) is 0 Å². The van der Waals surface area contributed by atoms with Crippen molar-refractivity contribution in [2.45, 2.75) is 17.8 Å². The summed E-state index contributed by atoms with van der Waals surface area (Å²) in [4.78, 5) is 2.49. The highest BCUT2D eigenvalue weighted by atomic mass is 16.6. The molecule has 7 nitrogen and oxygen atoms in total. The van der Waals surface area contributed by atoms with Gasteiger partial charge in [-0.1, -0.05) is 5.11 Å². The Bertz CT molecular complexity index is 230. The van der Waals surface area contributed by atoms with Gasteiger partial charge < -0.3 is 20.1 Å². The molecule has 13 heavy (non-hydrogen) atoms. The number of nitrogens with zero attached hydrogens (tertiary/aromatic N) is 3. The molecule has 3 N–H and O–H groups in total. The number of rotatable bonds is 3. The van der Waals surface area contributed by atoms with Crippen molar-refractivity contribution in [1.82, 2.24) is 0 Å². The van der Waals surface area contributed by atoms with Gasteiger partial charge in [0.1, 0.15) is 17.8 Å². The summed E-state index contributed by atoms with van der Waals surface area (Å²) in [5, 5.41) is 30.7. The highest BCUT2D eigenvalue weighted by Crippen LogP contribution is 2.26. The van der Waals surface area contributed by atoms with Gasteiger partial charge in [0.2, 0.25) is 0 Å². The summed E-state index contributed by atoms with van der Waals surface area (Å²) in [6.45, 7) is -0.759. The lowest BCUT2D eigenvalue weighted by atomic mass is 9.97. The Morgan fingerprint density at radius 1 is 1.62 bits per heavy atom. The number of hydrogen-bond acceptors (Lipinski definition) is 5. The molecule has 0 spiro atoms. The Morgan fingerprint density at radius 2 is 2.31 bits per heavy atom. The van der Waals surface area contributed by atoms with E-state index in [0.29, 0.717) is 0 Å². The molecule has 1 rings (SSSR count). The number of azide groups is 1. The molecule has 0 aromatic rings. The van der Waals surface area contributed by atoms with Crippen LogP contribution in [0.5, 0.6) is 0 Å². The second-order valence-corrected chi connectivity index (χ2v) is 2.94. The van der Waals surface area contributed by atoms with E-state index >= 15 is 0 Å². The van der Waals surface area contributed by atoms with E-state index < -0.39 is 24.4 Å². The Hall–Kier alpha value is -0.850. The standard InChI is InChI=1S/C6H11N3O4/c7-9-8-2-6(3-10)5(12)4(11)1-13-6/h4-5,10-12H,1-3H2/t4-,5-,6+/m0/s1. The average molecular weight is 189 g/mol. The first-order valence-electron chi connectivity index (χ1n) is 3.78. The molecule has 1 aliphatic rings. The fraction of sp³-hybridized carbons (Fsp3) is 1.00. The largest absolute Gasteiger partial charge is 0.393 e. The number of hydrogen-bond donors (Lipinski definition) is 3. The topological polar surface area (TPSA) is 119 Å². The van der Waals surface area contributed by atoms with Gasteiger partial charge in [0, 0.05) is 4.91 Å². The summed E-state index contributed by atoms with van der Waals surface area (Å²) >= 11 is 0. The highest BCUT2D eigenvalue weighted by Gasteiger charge is 2.48. The molecular weight excluding hydrogens is 178 g/mol. The Balaban J connectivity index is 2.74. The molecule has 0 saturated carbocycles. The average Bonchev–Trinajstić information content (AvgIpc) is 2.43. The molecule has 0 aliphatic carbocycles. The van der Waals surface area contributed by atoms with Crippen LogP contribution in [0.25, 0.3) is 10.4 Å². The van der Waals surface area contributed by atoms with Crippen LogP contribution in [0.3, 0.4) is 0 Å². The van der Waals surface area contributed by atoms with E-state index in [0.717, 1.165) is 0 Å². The molecule has 0 bridgehead atoms. The van der Waals surface area contributed by atoms with E-state index in [1.54, 1.807) is 0 Å². The third kappa shape index (κ3) is 1.74. The maximum atomic E-state index is 9.42. The Morgan fingerprint density at radius 3 is 2.69 bits per heavy atom. The minimum atomic E-state index is -1.34. The molecule has 0 amide bonds. The van der Waals surface area contributed by atoms with Gasteiger partial charge in [0.05, 0.1) is 19.8 Å². The van der Waals surface area contributed by atoms with Crippen molar-refractivity contribution in [3.63, 3.8) is 0 Å². The first-order valence-corrected chi connectivity index (χ1v) is 3.78. The van der Waals surface area contributed by atoms with Crippen LogP contribution in [0.1, 0.15) is 0 Å². The van der Waals surface area contributed by atoms with Crippen LogP contribution < -0.4 is 0 Å². The molecule has 3 atom stereocenters. The summed E-state index contributed by atoms with van der Waals surface area (Å²) < 4.78 is 5.00. The number of ether oxygens (including phenoxy) is 1. The first-order chi connectivity index (χ1) is 6.16. The molecule has 0 aromatic heterocycles. The predicted octanol–water partition coefficient (Wildman–Crippen LogP) is -1.22. The normalized spacial score (nSPS) is 38.7. The molecule has 74 valence electrons. The maximum Gasteiger partial charge on any atom is 0.125 e. The van der Waals surface area contributed by atoms with Crippen LogP contribution in [0, 0.1) is 0 Å². The third-order valence-electron chi connectivity index (χ3n) is 2.11. The first kappa shape index (κ1) is 10.2. The lowest BCUT2D eigenvalue weighted by Gasteiger charge is -2.27. The van der Waals surface area contributed by atoms with Crippen molar-refractivity contribution in [2.24, 2.45) is 5.11 Å². The van der Waals surface area contributed by atoms with Crippen molar-refractivity contribution in [1.29, 1.82) is 0 Å². The summed E-state index contributed by atoms with van der Waals surface area (Å²) in [5.41, 5.74) is 6.72. The summed E-state index contributed by atoms with van der Waals surface area (Å²) in [6, 6.07) is 0. The van der Waals surface area contributed by atoms with E-state index in [4.69, 9.17) is 20.5 Å². The van der Waals surface area contributed by atoms with E-state index in [-0.39, 0.29) is 13.2 Å². The van der Waals surface area contributed by atoms with Crippen LogP contribution in [-0.4, -0.2) is 52.9 Å². The Labute approximate surface area is 74.2 Å². The van der Waals surface area contributed by atoms with Gasteiger partial charge in [0.15, 0.2) is 0 Å². The molecule has 1 heterocycles. The van der Waals surface area contributed by atoms with Crippen LogP contribution in [0.15, 0.2) is 5.11 Å². The fourth-order valence-electron chi connectivity index (χ4n) is 1.26. The Kier molecular flexibility index (Phi) is 3.07. The van der Waals surface area contributed by atoms with Gasteiger partial charge >= 0.3 is 0 Å². The van der Waals surface area contributed by atoms with Gasteiger partial charge in [-0.15, -0.1) is 0 Å². The van der Waals surface area contributed by atoms with Crippen molar-refractivity contribution in [3.8, 4) is 0 Å². The van der Waals surface area contributed by atoms with Crippen molar-refractivity contribution in [2.75, 3.05) is 19.8 Å². The molecule has 0 radical (unpaired) electrons. The summed E-state index contributed by atoms with van der Waals surface area (Å²) in [7, 11) is 0. The molecule has 0 aromatic carbocycles. The highest BCUT2D eigenvalue weighted by molar-refractivity contribution is 4.99. The second kappa shape index (κ2) is 3.91.